The van der Waals surface area contributed by atoms with Crippen LogP contribution >= 0.6 is 0 Å². The van der Waals surface area contributed by atoms with Gasteiger partial charge < -0.3 is 19.1 Å². The average molecular weight is 433 g/mol. The molecule has 1 aromatic carbocycles. The number of nitrogens with zero attached hydrogens (tertiary/aromatic N) is 5. The molecule has 8 nitrogen and oxygen atoms in total. The van der Waals surface area contributed by atoms with Crippen molar-refractivity contribution in [3.63, 3.8) is 0 Å². The van der Waals surface area contributed by atoms with Gasteiger partial charge in [-0.2, -0.15) is 18.2 Å². The molecule has 31 heavy (non-hydrogen) atoms. The van der Waals surface area contributed by atoms with E-state index in [0.29, 0.717) is 38.0 Å². The van der Waals surface area contributed by atoms with Gasteiger partial charge in [0.15, 0.2) is 11.5 Å². The Labute approximate surface area is 175 Å². The van der Waals surface area contributed by atoms with Gasteiger partial charge in [-0.3, -0.25) is 4.79 Å². The molecule has 4 rings (SSSR count). The van der Waals surface area contributed by atoms with Crippen LogP contribution in [0.5, 0.6) is 5.88 Å². The Hall–Kier alpha value is -3.63. The summed E-state index contributed by atoms with van der Waals surface area (Å²) in [4.78, 5) is 24.8. The number of benzene rings is 1. The smallest absolute Gasteiger partial charge is 0.417 e. The molecule has 0 saturated carbocycles. The summed E-state index contributed by atoms with van der Waals surface area (Å²) in [5.41, 5.74) is -1.06. The number of rotatable bonds is 4. The fourth-order valence-corrected chi connectivity index (χ4v) is 3.32. The highest BCUT2D eigenvalue weighted by molar-refractivity contribution is 5.93. The number of alkyl halides is 3. The standard InChI is InChI=1S/C20H18F3N5O3/c1-30-17-6-7-24-19(25-17)28-10-8-27(9-11-28)18(29)15-12-16(31-26-15)13-4-2-3-5-14(13)20(21,22)23/h2-7,12H,8-11H2,1H3. The van der Waals surface area contributed by atoms with Crippen molar-refractivity contribution in [3.05, 3.63) is 53.9 Å². The Morgan fingerprint density at radius 1 is 1.13 bits per heavy atom. The second-order valence-electron chi connectivity index (χ2n) is 6.80. The van der Waals surface area contributed by atoms with Gasteiger partial charge in [0.2, 0.25) is 11.8 Å². The summed E-state index contributed by atoms with van der Waals surface area (Å²) in [5.74, 6) is 0.419. The first kappa shape index (κ1) is 20.6. The molecule has 0 spiro atoms. The molecule has 162 valence electrons. The van der Waals surface area contributed by atoms with Crippen molar-refractivity contribution in [1.82, 2.24) is 20.0 Å². The fraction of sp³-hybridized carbons (Fsp3) is 0.300. The maximum absolute atomic E-state index is 13.3. The summed E-state index contributed by atoms with van der Waals surface area (Å²) < 4.78 is 49.9. The highest BCUT2D eigenvalue weighted by atomic mass is 19.4. The molecule has 1 aliphatic rings. The number of hydrogen-bond acceptors (Lipinski definition) is 7. The summed E-state index contributed by atoms with van der Waals surface area (Å²) in [6.45, 7) is 1.72. The van der Waals surface area contributed by atoms with Gasteiger partial charge in [0.05, 0.1) is 12.7 Å². The molecule has 0 aliphatic carbocycles. The van der Waals surface area contributed by atoms with E-state index in [1.807, 2.05) is 4.90 Å². The number of carbonyl (C=O) groups excluding carboxylic acids is 1. The molecule has 1 amide bonds. The van der Waals surface area contributed by atoms with Gasteiger partial charge in [-0.15, -0.1) is 0 Å². The number of piperazine rings is 1. The van der Waals surface area contributed by atoms with Crippen LogP contribution in [-0.2, 0) is 6.18 Å². The first-order valence-corrected chi connectivity index (χ1v) is 9.41. The Bertz CT molecular complexity index is 1080. The van der Waals surface area contributed by atoms with Crippen LogP contribution in [0.15, 0.2) is 47.1 Å². The number of carbonyl (C=O) groups is 1. The first-order chi connectivity index (χ1) is 14.9. The SMILES string of the molecule is COc1ccnc(N2CCN(C(=O)c3cc(-c4ccccc4C(F)(F)F)on3)CC2)n1. The second-order valence-corrected chi connectivity index (χ2v) is 6.80. The van der Waals surface area contributed by atoms with Crippen molar-refractivity contribution in [1.29, 1.82) is 0 Å². The quantitative estimate of drug-likeness (QED) is 0.625. The first-order valence-electron chi connectivity index (χ1n) is 9.41. The van der Waals surface area contributed by atoms with E-state index < -0.39 is 17.6 Å². The van der Waals surface area contributed by atoms with Crippen molar-refractivity contribution in [2.24, 2.45) is 0 Å². The van der Waals surface area contributed by atoms with Crippen LogP contribution in [0, 0.1) is 0 Å². The molecule has 1 aliphatic heterocycles. The predicted molar refractivity (Wildman–Crippen MR) is 104 cm³/mol. The van der Waals surface area contributed by atoms with E-state index in [1.54, 1.807) is 17.2 Å². The van der Waals surface area contributed by atoms with E-state index in [-0.39, 0.29) is 17.0 Å². The van der Waals surface area contributed by atoms with E-state index >= 15 is 0 Å². The van der Waals surface area contributed by atoms with Gasteiger partial charge in [-0.25, -0.2) is 4.98 Å². The molecular weight excluding hydrogens is 415 g/mol. The monoisotopic (exact) mass is 433 g/mol. The van der Waals surface area contributed by atoms with Crippen molar-refractivity contribution in [2.75, 3.05) is 38.2 Å². The van der Waals surface area contributed by atoms with Crippen LogP contribution in [0.1, 0.15) is 16.1 Å². The molecular formula is C20H18F3N5O3. The lowest BCUT2D eigenvalue weighted by Gasteiger charge is -2.34. The van der Waals surface area contributed by atoms with Gasteiger partial charge in [-0.05, 0) is 6.07 Å². The highest BCUT2D eigenvalue weighted by Crippen LogP contribution is 2.37. The van der Waals surface area contributed by atoms with Crippen molar-refractivity contribution < 1.29 is 27.2 Å². The molecule has 3 aromatic rings. The van der Waals surface area contributed by atoms with Crippen molar-refractivity contribution in [3.8, 4) is 17.2 Å². The summed E-state index contributed by atoms with van der Waals surface area (Å²) in [5, 5.41) is 3.70. The zero-order valence-corrected chi connectivity index (χ0v) is 16.5. The van der Waals surface area contributed by atoms with E-state index in [2.05, 4.69) is 15.1 Å². The number of anilines is 1. The zero-order valence-electron chi connectivity index (χ0n) is 16.5. The lowest BCUT2D eigenvalue weighted by atomic mass is 10.0. The van der Waals surface area contributed by atoms with Gasteiger partial charge >= 0.3 is 6.18 Å². The number of amides is 1. The van der Waals surface area contributed by atoms with E-state index in [9.17, 15) is 18.0 Å². The van der Waals surface area contributed by atoms with Crippen molar-refractivity contribution in [2.45, 2.75) is 6.18 Å². The molecule has 0 radical (unpaired) electrons. The maximum atomic E-state index is 13.3. The predicted octanol–water partition coefficient (Wildman–Crippen LogP) is 3.12. The lowest BCUT2D eigenvalue weighted by Crippen LogP contribution is -2.49. The molecule has 2 aromatic heterocycles. The normalized spacial score (nSPS) is 14.6. The Morgan fingerprint density at radius 3 is 2.58 bits per heavy atom. The number of ether oxygens (including phenoxy) is 1. The summed E-state index contributed by atoms with van der Waals surface area (Å²) in [6, 6.07) is 7.88. The van der Waals surface area contributed by atoms with Gasteiger partial charge in [0.1, 0.15) is 0 Å². The minimum atomic E-state index is -4.55. The molecule has 0 atom stereocenters. The van der Waals surface area contributed by atoms with Gasteiger partial charge in [0, 0.05) is 50.1 Å². The van der Waals surface area contributed by atoms with Crippen LogP contribution in [0.25, 0.3) is 11.3 Å². The van der Waals surface area contributed by atoms with Gasteiger partial charge in [0.25, 0.3) is 5.91 Å². The van der Waals surface area contributed by atoms with E-state index in [0.717, 1.165) is 6.07 Å². The maximum Gasteiger partial charge on any atom is 0.417 e. The summed E-state index contributed by atoms with van der Waals surface area (Å²) in [7, 11) is 1.52. The third-order valence-corrected chi connectivity index (χ3v) is 4.90. The van der Waals surface area contributed by atoms with Crippen LogP contribution in [0.4, 0.5) is 19.1 Å². The Balaban J connectivity index is 1.46. The van der Waals surface area contributed by atoms with Crippen LogP contribution in [-0.4, -0.2) is 59.2 Å². The third kappa shape index (κ3) is 4.30. The molecule has 1 fully saturated rings. The summed E-state index contributed by atoms with van der Waals surface area (Å²) in [6.07, 6.45) is -2.96. The largest absolute Gasteiger partial charge is 0.481 e. The highest BCUT2D eigenvalue weighted by Gasteiger charge is 2.35. The lowest BCUT2D eigenvalue weighted by molar-refractivity contribution is -0.137. The van der Waals surface area contributed by atoms with E-state index in [4.69, 9.17) is 9.26 Å². The average Bonchev–Trinajstić information content (AvgIpc) is 3.28. The van der Waals surface area contributed by atoms with Gasteiger partial charge in [-0.1, -0.05) is 23.4 Å². The second kappa shape index (κ2) is 8.25. The molecule has 1 saturated heterocycles. The zero-order chi connectivity index (χ0) is 22.0. The molecule has 0 N–H and O–H groups in total. The topological polar surface area (TPSA) is 84.6 Å². The van der Waals surface area contributed by atoms with Crippen LogP contribution in [0.2, 0.25) is 0 Å². The third-order valence-electron chi connectivity index (χ3n) is 4.90. The minimum absolute atomic E-state index is 0.0435. The van der Waals surface area contributed by atoms with Crippen LogP contribution in [0.3, 0.4) is 0 Å². The summed E-state index contributed by atoms with van der Waals surface area (Å²) >= 11 is 0. The van der Waals surface area contributed by atoms with E-state index in [1.165, 1.54) is 31.4 Å². The van der Waals surface area contributed by atoms with Crippen molar-refractivity contribution >= 4 is 11.9 Å². The molecule has 3 heterocycles. The molecule has 11 heteroatoms. The fourth-order valence-electron chi connectivity index (χ4n) is 3.32. The molecule has 0 unspecified atom stereocenters. The Morgan fingerprint density at radius 2 is 1.87 bits per heavy atom. The number of methoxy groups -OCH3 is 1. The number of aromatic nitrogens is 3. The van der Waals surface area contributed by atoms with Crippen LogP contribution < -0.4 is 9.64 Å². The number of halogens is 3. The molecule has 0 bridgehead atoms. The number of hydrogen-bond donors (Lipinski definition) is 0. The Kier molecular flexibility index (Phi) is 5.49. The minimum Gasteiger partial charge on any atom is -0.481 e.